The van der Waals surface area contributed by atoms with E-state index >= 15 is 0 Å². The van der Waals surface area contributed by atoms with Crippen molar-refractivity contribution in [3.05, 3.63) is 0 Å². The van der Waals surface area contributed by atoms with Crippen molar-refractivity contribution in [2.75, 3.05) is 52.9 Å². The minimum atomic E-state index is -0.248. The quantitative estimate of drug-likeness (QED) is 0.828. The molecule has 0 bridgehead atoms. The summed E-state index contributed by atoms with van der Waals surface area (Å²) < 4.78 is 5.67. The minimum Gasteiger partial charge on any atom is -0.366 e. The first-order valence-corrected chi connectivity index (χ1v) is 7.52. The highest BCUT2D eigenvalue weighted by Gasteiger charge is 2.32. The molecule has 0 radical (unpaired) electrons. The van der Waals surface area contributed by atoms with Gasteiger partial charge in [-0.05, 0) is 38.9 Å². The van der Waals surface area contributed by atoms with Crippen LogP contribution in [0.1, 0.15) is 19.8 Å². The second-order valence-electron chi connectivity index (χ2n) is 5.60. The van der Waals surface area contributed by atoms with Gasteiger partial charge >= 0.3 is 0 Å². The summed E-state index contributed by atoms with van der Waals surface area (Å²) in [5.74, 6) is 0.785. The van der Waals surface area contributed by atoms with Crippen LogP contribution in [0.25, 0.3) is 0 Å². The molecule has 0 aromatic heterocycles. The second kappa shape index (κ2) is 10.6. The summed E-state index contributed by atoms with van der Waals surface area (Å²) in [5, 5.41) is 3.22. The molecular weight excluding hydrogens is 313 g/mol. The second-order valence-corrected chi connectivity index (χ2v) is 5.60. The molecule has 2 aliphatic rings. The first kappa shape index (κ1) is 20.9. The average molecular weight is 342 g/mol. The van der Waals surface area contributed by atoms with Crippen LogP contribution in [0.2, 0.25) is 0 Å². The molecule has 2 unspecified atom stereocenters. The topological polar surface area (TPSA) is 44.8 Å². The summed E-state index contributed by atoms with van der Waals surface area (Å²) >= 11 is 0. The Morgan fingerprint density at radius 1 is 1.29 bits per heavy atom. The Labute approximate surface area is 140 Å². The number of likely N-dealkylation sites (N-methyl/N-ethyl adjacent to an activating group) is 1. The maximum absolute atomic E-state index is 12.5. The van der Waals surface area contributed by atoms with Gasteiger partial charge in [0.05, 0.1) is 6.61 Å². The van der Waals surface area contributed by atoms with Gasteiger partial charge in [-0.15, -0.1) is 24.8 Å². The maximum Gasteiger partial charge on any atom is 0.253 e. The molecule has 2 aliphatic heterocycles. The Bertz CT molecular complexity index is 306. The number of morpholine rings is 1. The lowest BCUT2D eigenvalue weighted by atomic mass is 9.97. The highest BCUT2D eigenvalue weighted by molar-refractivity contribution is 5.85. The molecule has 5 nitrogen and oxygen atoms in total. The monoisotopic (exact) mass is 341 g/mol. The van der Waals surface area contributed by atoms with Crippen molar-refractivity contribution < 1.29 is 9.53 Å². The molecule has 7 heteroatoms. The van der Waals surface area contributed by atoms with Crippen molar-refractivity contribution in [1.29, 1.82) is 0 Å². The van der Waals surface area contributed by atoms with Crippen molar-refractivity contribution in [2.45, 2.75) is 25.9 Å². The van der Waals surface area contributed by atoms with E-state index in [0.29, 0.717) is 12.5 Å². The van der Waals surface area contributed by atoms with Gasteiger partial charge in [0.15, 0.2) is 0 Å². The Balaban J connectivity index is 0.00000200. The van der Waals surface area contributed by atoms with Crippen molar-refractivity contribution in [1.82, 2.24) is 15.1 Å². The fourth-order valence-electron chi connectivity index (χ4n) is 3.06. The van der Waals surface area contributed by atoms with E-state index in [1.807, 2.05) is 11.9 Å². The number of amides is 1. The molecule has 2 atom stereocenters. The van der Waals surface area contributed by atoms with Gasteiger partial charge in [0.25, 0.3) is 5.91 Å². The molecular formula is C14H29Cl2N3O2. The molecule has 0 spiro atoms. The van der Waals surface area contributed by atoms with Crippen LogP contribution in [0.3, 0.4) is 0 Å². The van der Waals surface area contributed by atoms with E-state index in [-0.39, 0.29) is 36.8 Å². The summed E-state index contributed by atoms with van der Waals surface area (Å²) in [6.45, 7) is 8.28. The maximum atomic E-state index is 12.5. The number of ether oxygens (including phenoxy) is 1. The first-order chi connectivity index (χ1) is 9.24. The number of carbonyl (C=O) groups is 1. The lowest BCUT2D eigenvalue weighted by molar-refractivity contribution is -0.151. The molecule has 0 aliphatic carbocycles. The number of likely N-dealkylation sites (tertiary alicyclic amines) is 1. The summed E-state index contributed by atoms with van der Waals surface area (Å²) in [7, 11) is 1.98. The predicted molar refractivity (Wildman–Crippen MR) is 89.6 cm³/mol. The largest absolute Gasteiger partial charge is 0.366 e. The number of carbonyl (C=O) groups excluding carboxylic acids is 1. The molecule has 2 fully saturated rings. The smallest absolute Gasteiger partial charge is 0.253 e. The molecule has 1 amide bonds. The van der Waals surface area contributed by atoms with E-state index in [4.69, 9.17) is 4.74 Å². The fraction of sp³-hybridized carbons (Fsp3) is 0.929. The standard InChI is InChI=1S/C14H27N3O2.2ClH/c1-3-16-7-8-19-13(11-16)14(18)17-6-4-5-12(10-17)9-15-2;;/h12-13,15H,3-11H2,1-2H3;2*1H. The number of hydrogen-bond donors (Lipinski definition) is 1. The highest BCUT2D eigenvalue weighted by Crippen LogP contribution is 2.18. The van der Waals surface area contributed by atoms with Gasteiger partial charge in [0, 0.05) is 26.2 Å². The lowest BCUT2D eigenvalue weighted by Crippen LogP contribution is -2.53. The van der Waals surface area contributed by atoms with Crippen molar-refractivity contribution in [3.8, 4) is 0 Å². The van der Waals surface area contributed by atoms with Gasteiger partial charge in [-0.3, -0.25) is 9.69 Å². The van der Waals surface area contributed by atoms with Crippen LogP contribution >= 0.6 is 24.8 Å². The van der Waals surface area contributed by atoms with Crippen molar-refractivity contribution in [2.24, 2.45) is 5.92 Å². The lowest BCUT2D eigenvalue weighted by Gasteiger charge is -2.38. The summed E-state index contributed by atoms with van der Waals surface area (Å²) in [5.41, 5.74) is 0. The summed E-state index contributed by atoms with van der Waals surface area (Å²) in [6.07, 6.45) is 2.08. The molecule has 2 rings (SSSR count). The van der Waals surface area contributed by atoms with Crippen LogP contribution in [0.5, 0.6) is 0 Å². The van der Waals surface area contributed by atoms with E-state index in [1.54, 1.807) is 0 Å². The van der Waals surface area contributed by atoms with Crippen LogP contribution in [0, 0.1) is 5.92 Å². The third kappa shape index (κ3) is 5.91. The van der Waals surface area contributed by atoms with Crippen LogP contribution < -0.4 is 5.32 Å². The molecule has 0 saturated carbocycles. The van der Waals surface area contributed by atoms with E-state index in [2.05, 4.69) is 17.1 Å². The zero-order valence-corrected chi connectivity index (χ0v) is 14.7. The number of nitrogens with zero attached hydrogens (tertiary/aromatic N) is 2. The third-order valence-electron chi connectivity index (χ3n) is 4.20. The van der Waals surface area contributed by atoms with Crippen molar-refractivity contribution >= 4 is 30.7 Å². The first-order valence-electron chi connectivity index (χ1n) is 7.52. The van der Waals surface area contributed by atoms with Crippen LogP contribution in [0.4, 0.5) is 0 Å². The molecule has 21 heavy (non-hydrogen) atoms. The average Bonchev–Trinajstić information content (AvgIpc) is 2.47. The van der Waals surface area contributed by atoms with Gasteiger partial charge in [-0.1, -0.05) is 6.92 Å². The number of nitrogens with one attached hydrogen (secondary N) is 1. The van der Waals surface area contributed by atoms with E-state index in [9.17, 15) is 4.79 Å². The van der Waals surface area contributed by atoms with E-state index < -0.39 is 0 Å². The normalized spacial score (nSPS) is 26.7. The minimum absolute atomic E-state index is 0. The Kier molecular flexibility index (Phi) is 10.6. The summed E-state index contributed by atoms with van der Waals surface area (Å²) in [6, 6.07) is 0. The Morgan fingerprint density at radius 3 is 2.71 bits per heavy atom. The van der Waals surface area contributed by atoms with Gasteiger partial charge in [0.1, 0.15) is 6.10 Å². The van der Waals surface area contributed by atoms with Gasteiger partial charge in [-0.2, -0.15) is 0 Å². The third-order valence-corrected chi connectivity index (χ3v) is 4.20. The van der Waals surface area contributed by atoms with Gasteiger partial charge in [-0.25, -0.2) is 0 Å². The Hall–Kier alpha value is -0.0700. The molecule has 126 valence electrons. The number of piperidine rings is 1. The van der Waals surface area contributed by atoms with Crippen molar-refractivity contribution in [3.63, 3.8) is 0 Å². The number of rotatable bonds is 4. The van der Waals surface area contributed by atoms with Crippen LogP contribution in [-0.4, -0.2) is 74.7 Å². The van der Waals surface area contributed by atoms with E-state index in [1.165, 1.54) is 6.42 Å². The molecule has 0 aromatic rings. The summed E-state index contributed by atoms with van der Waals surface area (Å²) in [4.78, 5) is 16.8. The van der Waals surface area contributed by atoms with Gasteiger partial charge in [0.2, 0.25) is 0 Å². The highest BCUT2D eigenvalue weighted by atomic mass is 35.5. The van der Waals surface area contributed by atoms with E-state index in [0.717, 1.165) is 45.7 Å². The molecule has 0 aromatic carbocycles. The fourth-order valence-corrected chi connectivity index (χ4v) is 3.06. The zero-order chi connectivity index (χ0) is 13.7. The number of hydrogen-bond acceptors (Lipinski definition) is 4. The molecule has 1 N–H and O–H groups in total. The van der Waals surface area contributed by atoms with Crippen LogP contribution in [-0.2, 0) is 9.53 Å². The zero-order valence-electron chi connectivity index (χ0n) is 13.0. The Morgan fingerprint density at radius 2 is 2.05 bits per heavy atom. The molecule has 2 heterocycles. The predicted octanol–water partition coefficient (Wildman–Crippen LogP) is 1.01. The number of halogens is 2. The SMILES string of the molecule is CCN1CCOC(C(=O)N2CCCC(CNC)C2)C1.Cl.Cl. The van der Waals surface area contributed by atoms with Crippen LogP contribution in [0.15, 0.2) is 0 Å². The van der Waals surface area contributed by atoms with Gasteiger partial charge < -0.3 is 15.0 Å². The molecule has 2 saturated heterocycles.